The Labute approximate surface area is 93.1 Å². The van der Waals surface area contributed by atoms with Crippen LogP contribution in [0.1, 0.15) is 16.1 Å². The molecule has 5 nitrogen and oxygen atoms in total. The number of hydrogen-bond acceptors (Lipinski definition) is 3. The molecule has 82 valence electrons. The fourth-order valence-electron chi connectivity index (χ4n) is 1.35. The zero-order chi connectivity index (χ0) is 11.5. The standard InChI is InChI=1S/C11H12N4O/c1-8-5-3-4-6-9(8)12-11(16)10-7-15(2)14-13-10/h3-7H,1-2H3,(H,12,16). The minimum atomic E-state index is -0.248. The molecule has 2 rings (SSSR count). The number of nitrogens with zero attached hydrogens (tertiary/aromatic N) is 3. The van der Waals surface area contributed by atoms with Crippen LogP contribution >= 0.6 is 0 Å². The largest absolute Gasteiger partial charge is 0.320 e. The summed E-state index contributed by atoms with van der Waals surface area (Å²) < 4.78 is 1.49. The van der Waals surface area contributed by atoms with Crippen molar-refractivity contribution in [1.29, 1.82) is 0 Å². The van der Waals surface area contributed by atoms with Crippen molar-refractivity contribution in [2.24, 2.45) is 7.05 Å². The zero-order valence-electron chi connectivity index (χ0n) is 9.14. The van der Waals surface area contributed by atoms with Crippen LogP contribution < -0.4 is 5.32 Å². The van der Waals surface area contributed by atoms with Crippen LogP contribution in [0.15, 0.2) is 30.5 Å². The van der Waals surface area contributed by atoms with Gasteiger partial charge in [-0.15, -0.1) is 5.10 Å². The van der Waals surface area contributed by atoms with E-state index < -0.39 is 0 Å². The number of para-hydroxylation sites is 1. The molecule has 1 amide bonds. The third kappa shape index (κ3) is 2.08. The summed E-state index contributed by atoms with van der Waals surface area (Å²) in [5.74, 6) is -0.248. The maximum Gasteiger partial charge on any atom is 0.277 e. The third-order valence-corrected chi connectivity index (χ3v) is 2.23. The monoisotopic (exact) mass is 216 g/mol. The van der Waals surface area contributed by atoms with Gasteiger partial charge in [0, 0.05) is 12.7 Å². The van der Waals surface area contributed by atoms with Gasteiger partial charge in [-0.3, -0.25) is 9.48 Å². The van der Waals surface area contributed by atoms with Crippen molar-refractivity contribution in [3.05, 3.63) is 41.7 Å². The number of hydrogen-bond donors (Lipinski definition) is 1. The second-order valence-corrected chi connectivity index (χ2v) is 3.55. The summed E-state index contributed by atoms with van der Waals surface area (Å²) in [6.07, 6.45) is 1.58. The first-order valence-corrected chi connectivity index (χ1v) is 4.90. The highest BCUT2D eigenvalue weighted by atomic mass is 16.2. The number of anilines is 1. The number of carbonyl (C=O) groups is 1. The van der Waals surface area contributed by atoms with E-state index in [0.717, 1.165) is 11.3 Å². The molecule has 0 aliphatic heterocycles. The molecule has 0 saturated carbocycles. The highest BCUT2D eigenvalue weighted by Gasteiger charge is 2.10. The summed E-state index contributed by atoms with van der Waals surface area (Å²) in [6.45, 7) is 1.94. The van der Waals surface area contributed by atoms with E-state index in [1.54, 1.807) is 13.2 Å². The van der Waals surface area contributed by atoms with Crippen LogP contribution in [0.25, 0.3) is 0 Å². The molecule has 0 unspecified atom stereocenters. The van der Waals surface area contributed by atoms with Crippen molar-refractivity contribution in [2.45, 2.75) is 6.92 Å². The van der Waals surface area contributed by atoms with Gasteiger partial charge in [-0.25, -0.2) is 0 Å². The van der Waals surface area contributed by atoms with Gasteiger partial charge >= 0.3 is 0 Å². The average Bonchev–Trinajstić information content (AvgIpc) is 2.68. The van der Waals surface area contributed by atoms with Crippen molar-refractivity contribution in [3.8, 4) is 0 Å². The maximum atomic E-state index is 11.8. The Morgan fingerprint density at radius 1 is 1.38 bits per heavy atom. The first-order chi connectivity index (χ1) is 7.66. The Bertz CT molecular complexity index is 518. The number of carbonyl (C=O) groups excluding carboxylic acids is 1. The van der Waals surface area contributed by atoms with Gasteiger partial charge < -0.3 is 5.32 Å². The van der Waals surface area contributed by atoms with Crippen LogP contribution in [0.4, 0.5) is 5.69 Å². The zero-order valence-corrected chi connectivity index (χ0v) is 9.14. The van der Waals surface area contributed by atoms with Gasteiger partial charge in [-0.2, -0.15) is 0 Å². The summed E-state index contributed by atoms with van der Waals surface area (Å²) in [5.41, 5.74) is 2.11. The van der Waals surface area contributed by atoms with Crippen LogP contribution in [0.2, 0.25) is 0 Å². The molecule has 1 N–H and O–H groups in total. The highest BCUT2D eigenvalue weighted by Crippen LogP contribution is 2.13. The Kier molecular flexibility index (Phi) is 2.68. The Balaban J connectivity index is 2.17. The first kappa shape index (κ1) is 10.4. The molecule has 2 aromatic rings. The minimum Gasteiger partial charge on any atom is -0.320 e. The van der Waals surface area contributed by atoms with Crippen molar-refractivity contribution < 1.29 is 4.79 Å². The lowest BCUT2D eigenvalue weighted by atomic mass is 10.2. The van der Waals surface area contributed by atoms with E-state index in [1.807, 2.05) is 31.2 Å². The third-order valence-electron chi connectivity index (χ3n) is 2.23. The molecule has 0 aliphatic carbocycles. The molecule has 0 fully saturated rings. The van der Waals surface area contributed by atoms with E-state index in [2.05, 4.69) is 15.6 Å². The molecular weight excluding hydrogens is 204 g/mol. The highest BCUT2D eigenvalue weighted by molar-refractivity contribution is 6.02. The van der Waals surface area contributed by atoms with Gasteiger partial charge in [0.1, 0.15) is 0 Å². The van der Waals surface area contributed by atoms with E-state index in [-0.39, 0.29) is 5.91 Å². The summed E-state index contributed by atoms with van der Waals surface area (Å²) in [5, 5.41) is 10.2. The molecular formula is C11H12N4O. The van der Waals surface area contributed by atoms with Crippen molar-refractivity contribution in [3.63, 3.8) is 0 Å². The fourth-order valence-corrected chi connectivity index (χ4v) is 1.35. The fraction of sp³-hybridized carbons (Fsp3) is 0.182. The molecule has 0 bridgehead atoms. The van der Waals surface area contributed by atoms with Crippen molar-refractivity contribution in [1.82, 2.24) is 15.0 Å². The van der Waals surface area contributed by atoms with Gasteiger partial charge in [0.2, 0.25) is 0 Å². The number of nitrogens with one attached hydrogen (secondary N) is 1. The average molecular weight is 216 g/mol. The molecule has 0 atom stereocenters. The van der Waals surface area contributed by atoms with E-state index in [0.29, 0.717) is 5.69 Å². The van der Waals surface area contributed by atoms with E-state index in [4.69, 9.17) is 0 Å². The number of amides is 1. The number of aromatic nitrogens is 3. The predicted molar refractivity (Wildman–Crippen MR) is 60.1 cm³/mol. The molecule has 0 saturated heterocycles. The number of aryl methyl sites for hydroxylation is 2. The molecule has 0 aliphatic rings. The maximum absolute atomic E-state index is 11.8. The lowest BCUT2D eigenvalue weighted by Gasteiger charge is -2.05. The quantitative estimate of drug-likeness (QED) is 0.824. The smallest absolute Gasteiger partial charge is 0.277 e. The Hall–Kier alpha value is -2.17. The van der Waals surface area contributed by atoms with Crippen molar-refractivity contribution in [2.75, 3.05) is 5.32 Å². The van der Waals surface area contributed by atoms with E-state index >= 15 is 0 Å². The topological polar surface area (TPSA) is 59.8 Å². The minimum absolute atomic E-state index is 0.248. The lowest BCUT2D eigenvalue weighted by molar-refractivity contribution is 0.102. The number of benzene rings is 1. The second kappa shape index (κ2) is 4.14. The van der Waals surface area contributed by atoms with Crippen LogP contribution in [0.5, 0.6) is 0 Å². The molecule has 1 aromatic carbocycles. The van der Waals surface area contributed by atoms with Gasteiger partial charge in [-0.05, 0) is 18.6 Å². The summed E-state index contributed by atoms with van der Waals surface area (Å²) in [4.78, 5) is 11.8. The summed E-state index contributed by atoms with van der Waals surface area (Å²) in [7, 11) is 1.72. The Morgan fingerprint density at radius 2 is 2.12 bits per heavy atom. The SMILES string of the molecule is Cc1ccccc1NC(=O)c1cn(C)nn1. The lowest BCUT2D eigenvalue weighted by Crippen LogP contribution is -2.13. The van der Waals surface area contributed by atoms with Gasteiger partial charge in [0.05, 0.1) is 6.20 Å². The van der Waals surface area contributed by atoms with Crippen LogP contribution in [-0.4, -0.2) is 20.9 Å². The first-order valence-electron chi connectivity index (χ1n) is 4.90. The molecule has 16 heavy (non-hydrogen) atoms. The van der Waals surface area contributed by atoms with Crippen molar-refractivity contribution >= 4 is 11.6 Å². The summed E-state index contributed by atoms with van der Waals surface area (Å²) in [6, 6.07) is 7.59. The normalized spacial score (nSPS) is 10.1. The van der Waals surface area contributed by atoms with Crippen LogP contribution in [-0.2, 0) is 7.05 Å². The van der Waals surface area contributed by atoms with Gasteiger partial charge in [0.15, 0.2) is 5.69 Å². The second-order valence-electron chi connectivity index (χ2n) is 3.55. The van der Waals surface area contributed by atoms with E-state index in [1.165, 1.54) is 4.68 Å². The molecule has 0 radical (unpaired) electrons. The molecule has 1 heterocycles. The number of rotatable bonds is 2. The van der Waals surface area contributed by atoms with Crippen LogP contribution in [0.3, 0.4) is 0 Å². The van der Waals surface area contributed by atoms with Crippen LogP contribution in [0, 0.1) is 6.92 Å². The summed E-state index contributed by atoms with van der Waals surface area (Å²) >= 11 is 0. The molecule has 5 heteroatoms. The van der Waals surface area contributed by atoms with Gasteiger partial charge in [-0.1, -0.05) is 23.4 Å². The van der Waals surface area contributed by atoms with Gasteiger partial charge in [0.25, 0.3) is 5.91 Å². The Morgan fingerprint density at radius 3 is 2.75 bits per heavy atom. The molecule has 0 spiro atoms. The molecule has 1 aromatic heterocycles. The van der Waals surface area contributed by atoms with E-state index in [9.17, 15) is 4.79 Å². The predicted octanol–water partition coefficient (Wildman–Crippen LogP) is 1.38.